The van der Waals surface area contributed by atoms with Crippen LogP contribution in [0.1, 0.15) is 42.3 Å². The maximum atomic E-state index is 13.3. The van der Waals surface area contributed by atoms with E-state index in [1.54, 1.807) is 75.6 Å². The van der Waals surface area contributed by atoms with Crippen molar-refractivity contribution in [2.45, 2.75) is 51.9 Å². The van der Waals surface area contributed by atoms with Crippen LogP contribution >= 0.6 is 0 Å². The summed E-state index contributed by atoms with van der Waals surface area (Å²) in [6.07, 6.45) is 0.195. The molecular weight excluding hydrogens is 548 g/mol. The maximum absolute atomic E-state index is 13.3. The molecule has 43 heavy (non-hydrogen) atoms. The fraction of sp³-hybridized carbons (Fsp3) is 0.303. The van der Waals surface area contributed by atoms with Crippen molar-refractivity contribution in [1.82, 2.24) is 21.3 Å². The monoisotopic (exact) mass is 586 g/mol. The van der Waals surface area contributed by atoms with Crippen LogP contribution in [0.4, 0.5) is 0 Å². The van der Waals surface area contributed by atoms with E-state index in [0.29, 0.717) is 11.3 Å². The SMILES string of the molecule is COc1ccc(CNC(=O)C(=O)[C@@H](NC(=O)[C@H](C)NC(=O)[C@H](Cc2ccccc2)NC(=O)c2ccccc2)C(C)C)cc1. The van der Waals surface area contributed by atoms with E-state index < -0.39 is 53.5 Å². The Morgan fingerprint density at radius 3 is 1.88 bits per heavy atom. The van der Waals surface area contributed by atoms with E-state index in [4.69, 9.17) is 4.74 Å². The highest BCUT2D eigenvalue weighted by molar-refractivity contribution is 6.38. The second-order valence-corrected chi connectivity index (χ2v) is 10.4. The second-order valence-electron chi connectivity index (χ2n) is 10.4. The fourth-order valence-corrected chi connectivity index (χ4v) is 4.24. The number of methoxy groups -OCH3 is 1. The summed E-state index contributed by atoms with van der Waals surface area (Å²) >= 11 is 0. The highest BCUT2D eigenvalue weighted by Crippen LogP contribution is 2.11. The van der Waals surface area contributed by atoms with Crippen molar-refractivity contribution >= 4 is 29.4 Å². The third-order valence-corrected chi connectivity index (χ3v) is 6.78. The van der Waals surface area contributed by atoms with Crippen LogP contribution in [-0.4, -0.2) is 54.6 Å². The number of rotatable bonds is 14. The Morgan fingerprint density at radius 1 is 0.698 bits per heavy atom. The summed E-state index contributed by atoms with van der Waals surface area (Å²) in [6, 6.07) is 21.6. The molecule has 0 unspecified atom stereocenters. The average Bonchev–Trinajstić information content (AvgIpc) is 3.02. The number of hydrogen-bond donors (Lipinski definition) is 4. The highest BCUT2D eigenvalue weighted by Gasteiger charge is 2.32. The summed E-state index contributed by atoms with van der Waals surface area (Å²) in [5.41, 5.74) is 1.98. The summed E-state index contributed by atoms with van der Waals surface area (Å²) in [5.74, 6) is -3.01. The van der Waals surface area contributed by atoms with Crippen molar-refractivity contribution in [3.8, 4) is 5.75 Å². The Kier molecular flexibility index (Phi) is 12.0. The largest absolute Gasteiger partial charge is 0.497 e. The molecule has 0 aliphatic carbocycles. The van der Waals surface area contributed by atoms with Gasteiger partial charge in [-0.15, -0.1) is 0 Å². The number of carbonyl (C=O) groups is 5. The molecule has 0 heterocycles. The van der Waals surface area contributed by atoms with Gasteiger partial charge in [0.25, 0.3) is 11.8 Å². The number of benzene rings is 3. The van der Waals surface area contributed by atoms with E-state index in [1.165, 1.54) is 6.92 Å². The summed E-state index contributed by atoms with van der Waals surface area (Å²) < 4.78 is 5.12. The normalized spacial score (nSPS) is 12.8. The van der Waals surface area contributed by atoms with Crippen LogP contribution in [0.15, 0.2) is 84.9 Å². The van der Waals surface area contributed by atoms with Crippen molar-refractivity contribution in [2.24, 2.45) is 5.92 Å². The minimum absolute atomic E-state index is 0.122. The molecule has 0 aliphatic rings. The van der Waals surface area contributed by atoms with Crippen LogP contribution in [0.3, 0.4) is 0 Å². The van der Waals surface area contributed by atoms with Crippen molar-refractivity contribution in [3.05, 3.63) is 102 Å². The summed E-state index contributed by atoms with van der Waals surface area (Å²) in [6.45, 7) is 5.00. The number of nitrogens with one attached hydrogen (secondary N) is 4. The number of ether oxygens (including phenoxy) is 1. The van der Waals surface area contributed by atoms with Gasteiger partial charge in [-0.3, -0.25) is 24.0 Å². The minimum atomic E-state index is -1.11. The molecule has 3 aromatic rings. The van der Waals surface area contributed by atoms with E-state index in [0.717, 1.165) is 11.1 Å². The highest BCUT2D eigenvalue weighted by atomic mass is 16.5. The smallest absolute Gasteiger partial charge is 0.289 e. The Hall–Kier alpha value is -4.99. The lowest BCUT2D eigenvalue weighted by Gasteiger charge is -2.25. The molecule has 0 aliphatic heterocycles. The van der Waals surface area contributed by atoms with Crippen molar-refractivity contribution in [1.29, 1.82) is 0 Å². The van der Waals surface area contributed by atoms with Crippen LogP contribution < -0.4 is 26.0 Å². The first-order valence-corrected chi connectivity index (χ1v) is 14.0. The van der Waals surface area contributed by atoms with Crippen molar-refractivity contribution in [2.75, 3.05) is 7.11 Å². The Balaban J connectivity index is 1.63. The molecule has 0 fully saturated rings. The first-order chi connectivity index (χ1) is 20.6. The summed E-state index contributed by atoms with van der Waals surface area (Å²) in [7, 11) is 1.55. The summed E-state index contributed by atoms with van der Waals surface area (Å²) in [4.78, 5) is 64.9. The topological polar surface area (TPSA) is 143 Å². The predicted molar refractivity (Wildman–Crippen MR) is 162 cm³/mol. The zero-order valence-electron chi connectivity index (χ0n) is 24.8. The molecule has 3 rings (SSSR count). The minimum Gasteiger partial charge on any atom is -0.497 e. The van der Waals surface area contributed by atoms with Gasteiger partial charge in [0.1, 0.15) is 17.8 Å². The maximum Gasteiger partial charge on any atom is 0.289 e. The predicted octanol–water partition coefficient (Wildman–Crippen LogP) is 2.57. The van der Waals surface area contributed by atoms with Gasteiger partial charge in [0.2, 0.25) is 17.6 Å². The number of Topliss-reactive ketones (excluding diaryl/α,β-unsaturated/α-hetero) is 1. The van der Waals surface area contributed by atoms with Gasteiger partial charge in [0.05, 0.1) is 13.2 Å². The number of hydrogen-bond acceptors (Lipinski definition) is 6. The number of ketones is 1. The van der Waals surface area contributed by atoms with Gasteiger partial charge in [-0.1, -0.05) is 74.5 Å². The van der Waals surface area contributed by atoms with Crippen LogP contribution in [0.5, 0.6) is 5.75 Å². The first kappa shape index (κ1) is 32.5. The molecule has 0 radical (unpaired) electrons. The second kappa shape index (κ2) is 15.9. The standard InChI is InChI=1S/C33H38N4O6/c1-21(2)28(29(38)33(42)34-20-24-15-17-26(43-4)18-16-24)37-30(39)22(3)35-32(41)27(19-23-11-7-5-8-12-23)36-31(40)25-13-9-6-10-14-25/h5-18,21-22,27-28H,19-20H2,1-4H3,(H,34,42)(H,35,41)(H,36,40)(H,37,39)/t22-,27-,28-/m0/s1. The molecule has 0 aromatic heterocycles. The van der Waals surface area contributed by atoms with Crippen LogP contribution in [0.25, 0.3) is 0 Å². The van der Waals surface area contributed by atoms with E-state index in [9.17, 15) is 24.0 Å². The summed E-state index contributed by atoms with van der Waals surface area (Å²) in [5, 5.41) is 10.6. The van der Waals surface area contributed by atoms with Gasteiger partial charge < -0.3 is 26.0 Å². The average molecular weight is 587 g/mol. The van der Waals surface area contributed by atoms with Gasteiger partial charge in [0, 0.05) is 18.5 Å². The molecule has 226 valence electrons. The van der Waals surface area contributed by atoms with E-state index in [-0.39, 0.29) is 13.0 Å². The third kappa shape index (κ3) is 9.81. The Labute approximate surface area is 251 Å². The van der Waals surface area contributed by atoms with E-state index >= 15 is 0 Å². The fourth-order valence-electron chi connectivity index (χ4n) is 4.24. The third-order valence-electron chi connectivity index (χ3n) is 6.78. The zero-order chi connectivity index (χ0) is 31.4. The molecule has 0 spiro atoms. The van der Waals surface area contributed by atoms with Crippen LogP contribution in [0.2, 0.25) is 0 Å². The van der Waals surface area contributed by atoms with E-state index in [1.807, 2.05) is 30.3 Å². The lowest BCUT2D eigenvalue weighted by atomic mass is 9.98. The molecule has 3 aromatic carbocycles. The van der Waals surface area contributed by atoms with Gasteiger partial charge in [-0.2, -0.15) is 0 Å². The van der Waals surface area contributed by atoms with Gasteiger partial charge in [-0.25, -0.2) is 0 Å². The van der Waals surface area contributed by atoms with Gasteiger partial charge >= 0.3 is 0 Å². The van der Waals surface area contributed by atoms with E-state index in [2.05, 4.69) is 21.3 Å². The first-order valence-electron chi connectivity index (χ1n) is 14.0. The molecule has 3 atom stereocenters. The van der Waals surface area contributed by atoms with Crippen LogP contribution in [0, 0.1) is 5.92 Å². The Morgan fingerprint density at radius 2 is 1.30 bits per heavy atom. The molecule has 0 saturated heterocycles. The molecule has 4 N–H and O–H groups in total. The lowest BCUT2D eigenvalue weighted by molar-refractivity contribution is -0.141. The molecule has 10 heteroatoms. The van der Waals surface area contributed by atoms with Crippen LogP contribution in [-0.2, 0) is 32.1 Å². The number of carbonyl (C=O) groups excluding carboxylic acids is 5. The zero-order valence-corrected chi connectivity index (χ0v) is 24.8. The van der Waals surface area contributed by atoms with Gasteiger partial charge in [-0.05, 0) is 48.2 Å². The molecule has 4 amide bonds. The van der Waals surface area contributed by atoms with Crippen molar-refractivity contribution < 1.29 is 28.7 Å². The molecule has 0 saturated carbocycles. The lowest BCUT2D eigenvalue weighted by Crippen LogP contribution is -2.57. The van der Waals surface area contributed by atoms with Crippen molar-refractivity contribution in [3.63, 3.8) is 0 Å². The number of amides is 4. The quantitative estimate of drug-likeness (QED) is 0.214. The van der Waals surface area contributed by atoms with Gasteiger partial charge in [0.15, 0.2) is 0 Å². The molecular formula is C33H38N4O6. The molecule has 0 bridgehead atoms. The Bertz CT molecular complexity index is 1390. The molecule has 10 nitrogen and oxygen atoms in total.